The number of aliphatic imine (C=N–C) groups is 1. The number of nitrogens with one attached hydrogen (secondary N) is 1. The maximum absolute atomic E-state index is 10.8. The van der Waals surface area contributed by atoms with E-state index in [1.165, 1.54) is 0 Å². The monoisotopic (exact) mass is 301 g/mol. The second-order valence-electron chi connectivity index (χ2n) is 3.95. The molecule has 0 aliphatic heterocycles. The molecular formula is C13H17Cl2N3O. The number of carbonyl (C=O) groups is 1. The van der Waals surface area contributed by atoms with Crippen molar-refractivity contribution in [3.63, 3.8) is 0 Å². The van der Waals surface area contributed by atoms with E-state index in [0.29, 0.717) is 10.9 Å². The van der Waals surface area contributed by atoms with E-state index < -0.39 is 6.03 Å². The smallest absolute Gasteiger partial charge is 0.317 e. The van der Waals surface area contributed by atoms with Crippen LogP contribution in [0.15, 0.2) is 35.3 Å². The number of hydrogen-bond acceptors (Lipinski definition) is 2. The summed E-state index contributed by atoms with van der Waals surface area (Å²) in [5.74, 6) is 0.414. The SMILES string of the molecule is CC(C)N=C(C=Cc1ccccc1Cl)NC(N)=O.Cl. The van der Waals surface area contributed by atoms with Crippen LogP contribution in [0.1, 0.15) is 19.4 Å². The summed E-state index contributed by atoms with van der Waals surface area (Å²) in [5, 5.41) is 3.10. The Hall–Kier alpha value is -1.52. The quantitative estimate of drug-likeness (QED) is 0.653. The van der Waals surface area contributed by atoms with Gasteiger partial charge in [0.1, 0.15) is 5.84 Å². The third kappa shape index (κ3) is 6.84. The molecule has 0 heterocycles. The summed E-state index contributed by atoms with van der Waals surface area (Å²) in [6.45, 7) is 3.82. The van der Waals surface area contributed by atoms with Gasteiger partial charge in [-0.3, -0.25) is 10.3 Å². The Bertz CT molecular complexity index is 485. The van der Waals surface area contributed by atoms with E-state index in [0.717, 1.165) is 5.56 Å². The van der Waals surface area contributed by atoms with Crippen LogP contribution in [0.4, 0.5) is 4.79 Å². The van der Waals surface area contributed by atoms with E-state index in [4.69, 9.17) is 17.3 Å². The van der Waals surface area contributed by atoms with Gasteiger partial charge >= 0.3 is 6.03 Å². The predicted octanol–water partition coefficient (Wildman–Crippen LogP) is 3.25. The number of nitrogens with zero attached hydrogens (tertiary/aromatic N) is 1. The van der Waals surface area contributed by atoms with Crippen molar-refractivity contribution in [1.82, 2.24) is 5.32 Å². The molecule has 104 valence electrons. The van der Waals surface area contributed by atoms with Gasteiger partial charge < -0.3 is 5.73 Å². The molecule has 2 amide bonds. The van der Waals surface area contributed by atoms with Gasteiger partial charge in [0.2, 0.25) is 0 Å². The fourth-order valence-corrected chi connectivity index (χ4v) is 1.50. The second kappa shape index (κ2) is 8.56. The van der Waals surface area contributed by atoms with Crippen LogP contribution in [0.2, 0.25) is 5.02 Å². The number of urea groups is 1. The Balaban J connectivity index is 0.00000324. The van der Waals surface area contributed by atoms with Gasteiger partial charge in [0.15, 0.2) is 0 Å². The molecule has 1 aromatic rings. The molecule has 0 saturated carbocycles. The Morgan fingerprint density at radius 2 is 2.05 bits per heavy atom. The number of benzene rings is 1. The van der Waals surface area contributed by atoms with Crippen molar-refractivity contribution in [1.29, 1.82) is 0 Å². The standard InChI is InChI=1S/C13H16ClN3O.ClH/c1-9(2)16-12(17-13(15)18)8-7-10-5-3-4-6-11(10)14;/h3-9H,1-2H3,(H3,15,16,17,18);1H. The highest BCUT2D eigenvalue weighted by atomic mass is 35.5. The van der Waals surface area contributed by atoms with Crippen LogP contribution in [0, 0.1) is 0 Å². The third-order valence-corrected chi connectivity index (χ3v) is 2.32. The molecule has 1 rings (SSSR count). The van der Waals surface area contributed by atoms with Gasteiger partial charge in [-0.2, -0.15) is 0 Å². The van der Waals surface area contributed by atoms with Crippen LogP contribution in [-0.4, -0.2) is 17.9 Å². The van der Waals surface area contributed by atoms with Crippen LogP contribution in [0.5, 0.6) is 0 Å². The molecule has 0 bridgehead atoms. The number of amidine groups is 1. The summed E-state index contributed by atoms with van der Waals surface area (Å²) < 4.78 is 0. The molecule has 3 N–H and O–H groups in total. The fraction of sp³-hybridized carbons (Fsp3) is 0.231. The summed E-state index contributed by atoms with van der Waals surface area (Å²) >= 11 is 6.02. The first kappa shape index (κ1) is 17.5. The van der Waals surface area contributed by atoms with Gasteiger partial charge in [0.25, 0.3) is 0 Å². The molecule has 0 radical (unpaired) electrons. The second-order valence-corrected chi connectivity index (χ2v) is 4.36. The average Bonchev–Trinajstić information content (AvgIpc) is 2.26. The lowest BCUT2D eigenvalue weighted by Crippen LogP contribution is -2.34. The van der Waals surface area contributed by atoms with E-state index in [-0.39, 0.29) is 18.4 Å². The van der Waals surface area contributed by atoms with Gasteiger partial charge in [-0.05, 0) is 37.6 Å². The van der Waals surface area contributed by atoms with Crippen molar-refractivity contribution in [2.24, 2.45) is 10.7 Å². The van der Waals surface area contributed by atoms with Crippen molar-refractivity contribution < 1.29 is 4.79 Å². The molecule has 6 heteroatoms. The Labute approximate surface area is 124 Å². The van der Waals surface area contributed by atoms with Crippen molar-refractivity contribution in [2.45, 2.75) is 19.9 Å². The first-order valence-electron chi connectivity index (χ1n) is 5.56. The molecule has 1 aromatic carbocycles. The van der Waals surface area contributed by atoms with Gasteiger partial charge in [-0.15, -0.1) is 12.4 Å². The molecule has 0 aliphatic rings. The lowest BCUT2D eigenvalue weighted by Gasteiger charge is -2.04. The Morgan fingerprint density at radius 1 is 1.42 bits per heavy atom. The minimum Gasteiger partial charge on any atom is -0.351 e. The third-order valence-electron chi connectivity index (χ3n) is 1.97. The summed E-state index contributed by atoms with van der Waals surface area (Å²) in [6.07, 6.45) is 3.45. The van der Waals surface area contributed by atoms with Crippen molar-refractivity contribution in [3.8, 4) is 0 Å². The van der Waals surface area contributed by atoms with Crippen LogP contribution in [0.3, 0.4) is 0 Å². The van der Waals surface area contributed by atoms with E-state index >= 15 is 0 Å². The van der Waals surface area contributed by atoms with Crippen molar-refractivity contribution >= 4 is 42.0 Å². The highest BCUT2D eigenvalue weighted by Gasteiger charge is 2.00. The zero-order valence-electron chi connectivity index (χ0n) is 10.8. The molecule has 0 saturated heterocycles. The molecule has 0 spiro atoms. The highest BCUT2D eigenvalue weighted by molar-refractivity contribution is 6.32. The number of carbonyl (C=O) groups excluding carboxylic acids is 1. The maximum Gasteiger partial charge on any atom is 0.317 e. The minimum atomic E-state index is -0.641. The minimum absolute atomic E-state index is 0. The van der Waals surface area contributed by atoms with Gasteiger partial charge in [0.05, 0.1) is 0 Å². The largest absolute Gasteiger partial charge is 0.351 e. The average molecular weight is 302 g/mol. The van der Waals surface area contributed by atoms with E-state index in [2.05, 4.69) is 10.3 Å². The number of rotatable bonds is 3. The first-order chi connectivity index (χ1) is 8.49. The Kier molecular flexibility index (Phi) is 7.87. The highest BCUT2D eigenvalue weighted by Crippen LogP contribution is 2.16. The molecule has 0 aromatic heterocycles. The number of nitrogens with two attached hydrogens (primary N) is 1. The number of amides is 2. The molecule has 19 heavy (non-hydrogen) atoms. The first-order valence-corrected chi connectivity index (χ1v) is 5.93. The van der Waals surface area contributed by atoms with Crippen LogP contribution in [-0.2, 0) is 0 Å². The zero-order chi connectivity index (χ0) is 13.5. The van der Waals surface area contributed by atoms with Crippen LogP contribution >= 0.6 is 24.0 Å². The van der Waals surface area contributed by atoms with E-state index in [1.807, 2.05) is 32.0 Å². The number of hydrogen-bond donors (Lipinski definition) is 2. The molecule has 0 unspecified atom stereocenters. The summed E-state index contributed by atoms with van der Waals surface area (Å²) in [6, 6.07) is 6.82. The molecule has 0 atom stereocenters. The number of primary amides is 1. The van der Waals surface area contributed by atoms with Crippen molar-refractivity contribution in [2.75, 3.05) is 0 Å². The van der Waals surface area contributed by atoms with Crippen molar-refractivity contribution in [3.05, 3.63) is 40.9 Å². The molecule has 4 nitrogen and oxygen atoms in total. The summed E-state index contributed by atoms with van der Waals surface area (Å²) in [5.41, 5.74) is 5.93. The summed E-state index contributed by atoms with van der Waals surface area (Å²) in [7, 11) is 0. The fourth-order valence-electron chi connectivity index (χ4n) is 1.30. The molecular weight excluding hydrogens is 285 g/mol. The topological polar surface area (TPSA) is 67.5 Å². The number of halogens is 2. The maximum atomic E-state index is 10.8. The zero-order valence-corrected chi connectivity index (χ0v) is 12.3. The van der Waals surface area contributed by atoms with Gasteiger partial charge in [-0.25, -0.2) is 4.79 Å². The Morgan fingerprint density at radius 3 is 2.58 bits per heavy atom. The van der Waals surface area contributed by atoms with Crippen LogP contribution < -0.4 is 11.1 Å². The van der Waals surface area contributed by atoms with Gasteiger partial charge in [-0.1, -0.05) is 29.8 Å². The van der Waals surface area contributed by atoms with E-state index in [1.54, 1.807) is 18.2 Å². The van der Waals surface area contributed by atoms with Crippen LogP contribution in [0.25, 0.3) is 6.08 Å². The lowest BCUT2D eigenvalue weighted by atomic mass is 10.2. The van der Waals surface area contributed by atoms with Gasteiger partial charge in [0, 0.05) is 11.1 Å². The normalized spacial score (nSPS) is 11.5. The molecule has 0 fully saturated rings. The van der Waals surface area contributed by atoms with E-state index in [9.17, 15) is 4.79 Å². The predicted molar refractivity (Wildman–Crippen MR) is 83.0 cm³/mol. The molecule has 0 aliphatic carbocycles. The summed E-state index contributed by atoms with van der Waals surface area (Å²) in [4.78, 5) is 15.1. The lowest BCUT2D eigenvalue weighted by molar-refractivity contribution is 0.253.